The van der Waals surface area contributed by atoms with Crippen molar-refractivity contribution in [3.63, 3.8) is 0 Å². The van der Waals surface area contributed by atoms with Gasteiger partial charge < -0.3 is 24.8 Å². The number of allylic oxidation sites excluding steroid dienone is 1. The second kappa shape index (κ2) is 13.8. The van der Waals surface area contributed by atoms with Gasteiger partial charge in [-0.3, -0.25) is 14.5 Å². The molecule has 0 spiro atoms. The minimum Gasteiger partial charge on any atom is -0.504 e. The van der Waals surface area contributed by atoms with Crippen LogP contribution in [0.3, 0.4) is 0 Å². The van der Waals surface area contributed by atoms with Crippen molar-refractivity contribution in [1.82, 2.24) is 4.90 Å². The predicted octanol–water partition coefficient (Wildman–Crippen LogP) is 4.95. The van der Waals surface area contributed by atoms with Gasteiger partial charge in [0.1, 0.15) is 12.4 Å². The number of carbonyl (C=O) groups is 2. The number of benzene rings is 2. The molecule has 8 nitrogen and oxygen atoms in total. The highest BCUT2D eigenvalue weighted by Gasteiger charge is 2.53. The molecular weight excluding hydrogens is 637 g/mol. The number of phenolic OH excluding ortho intramolecular Hbond substituents is 1. The van der Waals surface area contributed by atoms with Crippen LogP contribution in [0.4, 0.5) is 0 Å². The van der Waals surface area contributed by atoms with Crippen LogP contribution < -0.4 is 9.47 Å². The molecule has 9 heteroatoms. The summed E-state index contributed by atoms with van der Waals surface area (Å²) in [6.07, 6.45) is 4.14. The molecule has 1 fully saturated rings. The molecule has 4 atom stereocenters. The fraction of sp³-hybridized carbons (Fsp3) is 0.438. The lowest BCUT2D eigenvalue weighted by molar-refractivity contribution is -0.138. The lowest BCUT2D eigenvalue weighted by Gasteiger charge is -2.36. The summed E-state index contributed by atoms with van der Waals surface area (Å²) in [6.45, 7) is 1.90. The average molecular weight is 676 g/mol. The molecule has 2 aliphatic rings. The molecule has 1 aliphatic heterocycles. The Labute approximate surface area is 254 Å². The van der Waals surface area contributed by atoms with E-state index in [1.165, 1.54) is 14.2 Å². The zero-order valence-corrected chi connectivity index (χ0v) is 25.8. The van der Waals surface area contributed by atoms with E-state index in [4.69, 9.17) is 9.47 Å². The molecule has 2 amide bonds. The first-order chi connectivity index (χ1) is 19.7. The first-order valence-electron chi connectivity index (χ1n) is 14.0. The number of aromatic hydroxyl groups is 1. The van der Waals surface area contributed by atoms with Crippen LogP contribution in [0, 0.1) is 21.3 Å². The molecular formula is C32H38INO7. The predicted molar refractivity (Wildman–Crippen MR) is 164 cm³/mol. The van der Waals surface area contributed by atoms with E-state index < -0.39 is 23.9 Å². The number of imide groups is 1. The van der Waals surface area contributed by atoms with Crippen LogP contribution in [0.25, 0.3) is 6.08 Å². The number of phenols is 1. The van der Waals surface area contributed by atoms with Gasteiger partial charge in [-0.2, -0.15) is 0 Å². The molecule has 0 saturated carbocycles. The number of halogens is 1. The summed E-state index contributed by atoms with van der Waals surface area (Å²) in [6, 6.07) is 13.0. The SMILES string of the molecule is CCC/C(=C\c1cc(I)c(O)c(OC)c1)CC[C@@H](O)C1=C(COc2ccccc2)C[C@H]2C(=O)N(C)C(=O)[C@H]2[C@H]1CO. The summed E-state index contributed by atoms with van der Waals surface area (Å²) in [7, 11) is 3.00. The summed E-state index contributed by atoms with van der Waals surface area (Å²) in [5.41, 5.74) is 3.39. The van der Waals surface area contributed by atoms with Gasteiger partial charge in [0.25, 0.3) is 0 Å². The van der Waals surface area contributed by atoms with Crippen LogP contribution in [-0.2, 0) is 9.59 Å². The molecule has 220 valence electrons. The average Bonchev–Trinajstić information content (AvgIpc) is 3.19. The molecule has 2 aromatic carbocycles. The molecule has 1 heterocycles. The molecule has 2 aromatic rings. The van der Waals surface area contributed by atoms with Gasteiger partial charge in [-0.15, -0.1) is 0 Å². The van der Waals surface area contributed by atoms with Crippen molar-refractivity contribution in [2.24, 2.45) is 17.8 Å². The van der Waals surface area contributed by atoms with Crippen LogP contribution in [0.5, 0.6) is 17.2 Å². The number of rotatable bonds is 12. The molecule has 4 rings (SSSR count). The zero-order valence-electron chi connectivity index (χ0n) is 23.7. The number of aliphatic hydroxyl groups is 2. The van der Waals surface area contributed by atoms with Gasteiger partial charge in [0, 0.05) is 13.0 Å². The lowest BCUT2D eigenvalue weighted by Crippen LogP contribution is -2.39. The van der Waals surface area contributed by atoms with E-state index in [0.717, 1.165) is 34.5 Å². The van der Waals surface area contributed by atoms with Crippen molar-refractivity contribution in [2.75, 3.05) is 27.4 Å². The van der Waals surface area contributed by atoms with Gasteiger partial charge >= 0.3 is 0 Å². The van der Waals surface area contributed by atoms with Crippen molar-refractivity contribution in [2.45, 2.75) is 45.1 Å². The maximum atomic E-state index is 13.1. The number of hydrogen-bond acceptors (Lipinski definition) is 7. The quantitative estimate of drug-likeness (QED) is 0.166. The van der Waals surface area contributed by atoms with E-state index in [0.29, 0.717) is 39.9 Å². The number of methoxy groups -OCH3 is 1. The highest BCUT2D eigenvalue weighted by atomic mass is 127. The van der Waals surface area contributed by atoms with Crippen molar-refractivity contribution in [3.8, 4) is 17.2 Å². The molecule has 1 aliphatic carbocycles. The van der Waals surface area contributed by atoms with Gasteiger partial charge in [0.15, 0.2) is 11.5 Å². The summed E-state index contributed by atoms with van der Waals surface area (Å²) in [5, 5.41) is 32.3. The fourth-order valence-electron chi connectivity index (χ4n) is 6.07. The second-order valence-electron chi connectivity index (χ2n) is 10.7. The van der Waals surface area contributed by atoms with Crippen LogP contribution in [0.15, 0.2) is 59.2 Å². The Morgan fingerprint density at radius 2 is 1.90 bits per heavy atom. The molecule has 0 radical (unpaired) electrons. The number of fused-ring (bicyclic) bond motifs is 1. The number of carbonyl (C=O) groups excluding carboxylic acids is 2. The lowest BCUT2D eigenvalue weighted by atomic mass is 9.68. The van der Waals surface area contributed by atoms with Crippen molar-refractivity contribution in [3.05, 3.63) is 68.3 Å². The first kappa shape index (κ1) is 31.1. The Balaban J connectivity index is 1.63. The van der Waals surface area contributed by atoms with E-state index in [-0.39, 0.29) is 30.8 Å². The van der Waals surface area contributed by atoms with Gasteiger partial charge in [-0.05, 0) is 89.2 Å². The molecule has 1 saturated heterocycles. The number of hydrogen-bond donors (Lipinski definition) is 3. The van der Waals surface area contributed by atoms with Crippen LogP contribution >= 0.6 is 22.6 Å². The van der Waals surface area contributed by atoms with E-state index in [2.05, 4.69) is 35.6 Å². The van der Waals surface area contributed by atoms with Gasteiger partial charge in [0.05, 0.1) is 35.2 Å². The molecule has 3 N–H and O–H groups in total. The fourth-order valence-corrected chi connectivity index (χ4v) is 6.70. The van der Waals surface area contributed by atoms with Gasteiger partial charge in [-0.1, -0.05) is 43.2 Å². The first-order valence-corrected chi connectivity index (χ1v) is 15.0. The monoisotopic (exact) mass is 675 g/mol. The van der Waals surface area contributed by atoms with E-state index in [1.807, 2.05) is 36.4 Å². The zero-order chi connectivity index (χ0) is 29.7. The second-order valence-corrected chi connectivity index (χ2v) is 11.8. The summed E-state index contributed by atoms with van der Waals surface area (Å²) >= 11 is 2.07. The van der Waals surface area contributed by atoms with Gasteiger partial charge in [-0.25, -0.2) is 0 Å². The molecule has 41 heavy (non-hydrogen) atoms. The number of aliphatic hydroxyl groups excluding tert-OH is 2. The van der Waals surface area contributed by atoms with Crippen molar-refractivity contribution in [1.29, 1.82) is 0 Å². The van der Waals surface area contributed by atoms with Crippen LogP contribution in [0.2, 0.25) is 0 Å². The Hall–Kier alpha value is -2.89. The summed E-state index contributed by atoms with van der Waals surface area (Å²) in [5.74, 6) is -1.33. The Morgan fingerprint density at radius 3 is 2.56 bits per heavy atom. The molecule has 0 aromatic heterocycles. The number of ether oxygens (including phenoxy) is 2. The van der Waals surface area contributed by atoms with Crippen LogP contribution in [-0.4, -0.2) is 65.5 Å². The largest absolute Gasteiger partial charge is 0.504 e. The van der Waals surface area contributed by atoms with E-state index in [1.54, 1.807) is 6.07 Å². The third-order valence-corrected chi connectivity index (χ3v) is 8.89. The molecule has 0 bridgehead atoms. The van der Waals surface area contributed by atoms with Crippen molar-refractivity contribution >= 4 is 40.5 Å². The normalized spacial score (nSPS) is 21.8. The number of amides is 2. The standard InChI is InChI=1S/C32H38INO7/c1-4-8-19(13-20-14-25(33)30(37)27(15-20)40-3)11-12-26(36)28-21(18-41-22-9-6-5-7-10-22)16-23-29(24(28)17-35)32(39)34(2)31(23)38/h5-7,9-10,13-15,23-24,26,29,35-37H,4,8,11-12,16-18H2,1-3H3/b19-13+/t23-,24+,26-,29-/m1/s1. The minimum absolute atomic E-state index is 0.103. The third kappa shape index (κ3) is 6.79. The van der Waals surface area contributed by atoms with E-state index in [9.17, 15) is 24.9 Å². The third-order valence-electron chi connectivity index (χ3n) is 8.07. The summed E-state index contributed by atoms with van der Waals surface area (Å²) < 4.78 is 12.0. The summed E-state index contributed by atoms with van der Waals surface area (Å²) in [4.78, 5) is 27.1. The highest BCUT2D eigenvalue weighted by molar-refractivity contribution is 14.1. The molecule has 0 unspecified atom stereocenters. The maximum Gasteiger partial charge on any atom is 0.233 e. The highest BCUT2D eigenvalue weighted by Crippen LogP contribution is 2.46. The Morgan fingerprint density at radius 1 is 1.17 bits per heavy atom. The Bertz CT molecular complexity index is 1320. The van der Waals surface area contributed by atoms with Crippen LogP contribution in [0.1, 0.15) is 44.6 Å². The van der Waals surface area contributed by atoms with E-state index >= 15 is 0 Å². The number of likely N-dealkylation sites (tertiary alicyclic amines) is 1. The van der Waals surface area contributed by atoms with Gasteiger partial charge in [0.2, 0.25) is 11.8 Å². The minimum atomic E-state index is -0.925. The number of para-hydroxylation sites is 1. The topological polar surface area (TPSA) is 117 Å². The number of nitrogens with zero attached hydrogens (tertiary/aromatic N) is 1. The van der Waals surface area contributed by atoms with Crippen molar-refractivity contribution < 1.29 is 34.4 Å². The maximum absolute atomic E-state index is 13.1. The Kier molecular flexibility index (Phi) is 10.5. The smallest absolute Gasteiger partial charge is 0.233 e.